The Morgan fingerprint density at radius 1 is 1.07 bits per heavy atom. The van der Waals surface area contributed by atoms with Gasteiger partial charge in [-0.25, -0.2) is 0 Å². The fraction of sp³-hybridized carbons (Fsp3) is 0.458. The van der Waals surface area contributed by atoms with Gasteiger partial charge in [-0.2, -0.15) is 0 Å². The molecule has 2 nitrogen and oxygen atoms in total. The molecule has 6 rings (SSSR count). The highest BCUT2D eigenvalue weighted by molar-refractivity contribution is 5.96. The average molecular weight is 379 g/mol. The van der Waals surface area contributed by atoms with Crippen molar-refractivity contribution >= 4 is 34.6 Å². The van der Waals surface area contributed by atoms with Gasteiger partial charge in [-0.05, 0) is 73.1 Å². The van der Waals surface area contributed by atoms with E-state index in [1.807, 2.05) is 6.20 Å². The minimum absolute atomic E-state index is 0. The van der Waals surface area contributed by atoms with Crippen molar-refractivity contribution in [1.82, 2.24) is 9.55 Å². The minimum atomic E-state index is 0. The molecule has 3 aliphatic carbocycles. The number of hydrogen-bond acceptors (Lipinski definition) is 1. The first-order valence-corrected chi connectivity index (χ1v) is 10.5. The second kappa shape index (κ2) is 6.67. The van der Waals surface area contributed by atoms with Crippen molar-refractivity contribution in [2.24, 2.45) is 11.8 Å². The second-order valence-corrected chi connectivity index (χ2v) is 8.70. The Bertz CT molecular complexity index is 987. The lowest BCUT2D eigenvalue weighted by molar-refractivity contribution is 0.239. The van der Waals surface area contributed by atoms with E-state index < -0.39 is 0 Å². The average Bonchev–Trinajstić information content (AvgIpc) is 2.88. The summed E-state index contributed by atoms with van der Waals surface area (Å²) in [4.78, 5) is 4.44. The number of aryl methyl sites for hydroxylation is 1. The van der Waals surface area contributed by atoms with Gasteiger partial charge in [-0.1, -0.05) is 37.5 Å². The molecule has 0 spiro atoms. The van der Waals surface area contributed by atoms with E-state index in [0.29, 0.717) is 0 Å². The van der Waals surface area contributed by atoms with Gasteiger partial charge >= 0.3 is 0 Å². The summed E-state index contributed by atoms with van der Waals surface area (Å²) in [6.07, 6.45) is 23.4. The summed E-state index contributed by atoms with van der Waals surface area (Å²) in [6, 6.07) is 2.22. The SMILES string of the molecule is C1=CC2=C(CCC(CC3CCC3)C2)n2c3c(c4cnccc42)CCC=C13.Cl. The minimum Gasteiger partial charge on any atom is -0.312 e. The number of rotatable bonds is 2. The van der Waals surface area contributed by atoms with Crippen molar-refractivity contribution in [1.29, 1.82) is 0 Å². The Hall–Kier alpha value is -1.80. The van der Waals surface area contributed by atoms with Gasteiger partial charge in [0.05, 0.1) is 11.2 Å². The molecule has 0 bridgehead atoms. The first kappa shape index (κ1) is 17.3. The molecule has 1 aliphatic heterocycles. The van der Waals surface area contributed by atoms with Crippen LogP contribution in [0.2, 0.25) is 0 Å². The molecular weight excluding hydrogens is 352 g/mol. The Morgan fingerprint density at radius 2 is 2.00 bits per heavy atom. The van der Waals surface area contributed by atoms with E-state index in [1.165, 1.54) is 72.7 Å². The molecule has 0 N–H and O–H groups in total. The largest absolute Gasteiger partial charge is 0.312 e. The lowest BCUT2D eigenvalue weighted by Gasteiger charge is -2.33. The highest BCUT2D eigenvalue weighted by Gasteiger charge is 2.31. The highest BCUT2D eigenvalue weighted by Crippen LogP contribution is 2.46. The summed E-state index contributed by atoms with van der Waals surface area (Å²) < 4.78 is 2.60. The maximum atomic E-state index is 4.44. The van der Waals surface area contributed by atoms with Crippen molar-refractivity contribution in [3.8, 4) is 0 Å². The van der Waals surface area contributed by atoms with Crippen molar-refractivity contribution < 1.29 is 0 Å². The zero-order valence-corrected chi connectivity index (χ0v) is 16.6. The number of allylic oxidation sites excluding steroid dienone is 6. The molecule has 0 radical (unpaired) electrons. The van der Waals surface area contributed by atoms with Crippen LogP contribution in [0.3, 0.4) is 0 Å². The number of aromatic nitrogens is 2. The van der Waals surface area contributed by atoms with Crippen LogP contribution in [-0.2, 0) is 6.42 Å². The van der Waals surface area contributed by atoms with Gasteiger partial charge in [0.15, 0.2) is 0 Å². The summed E-state index contributed by atoms with van der Waals surface area (Å²) in [5, 5.41) is 1.37. The van der Waals surface area contributed by atoms with Crippen molar-refractivity contribution in [2.75, 3.05) is 0 Å². The zero-order chi connectivity index (χ0) is 17.1. The van der Waals surface area contributed by atoms with Gasteiger partial charge in [0.2, 0.25) is 0 Å². The lowest BCUT2D eigenvalue weighted by atomic mass is 9.74. The molecule has 0 saturated heterocycles. The molecule has 0 amide bonds. The third-order valence-electron chi connectivity index (χ3n) is 7.20. The van der Waals surface area contributed by atoms with Crippen LogP contribution in [0.4, 0.5) is 0 Å². The third kappa shape index (κ3) is 2.64. The van der Waals surface area contributed by atoms with Crippen molar-refractivity contribution in [2.45, 2.75) is 57.8 Å². The van der Waals surface area contributed by atoms with E-state index in [9.17, 15) is 0 Å². The van der Waals surface area contributed by atoms with E-state index in [1.54, 1.807) is 11.3 Å². The fourth-order valence-corrected chi connectivity index (χ4v) is 5.69. The van der Waals surface area contributed by atoms with E-state index in [2.05, 4.69) is 40.0 Å². The molecule has 1 atom stereocenters. The molecule has 1 fully saturated rings. The summed E-state index contributed by atoms with van der Waals surface area (Å²) in [5.74, 6) is 1.92. The first-order valence-electron chi connectivity index (χ1n) is 10.5. The van der Waals surface area contributed by atoms with Crippen LogP contribution in [0.1, 0.15) is 62.6 Å². The lowest BCUT2D eigenvalue weighted by Crippen LogP contribution is -2.19. The van der Waals surface area contributed by atoms with Crippen LogP contribution in [-0.4, -0.2) is 9.55 Å². The number of nitrogens with zero attached hydrogens (tertiary/aromatic N) is 2. The Kier molecular flexibility index (Phi) is 4.27. The molecule has 27 heavy (non-hydrogen) atoms. The molecule has 1 saturated carbocycles. The van der Waals surface area contributed by atoms with Crippen LogP contribution in [0.25, 0.3) is 22.2 Å². The van der Waals surface area contributed by atoms with E-state index in [4.69, 9.17) is 0 Å². The number of hydrogen-bond donors (Lipinski definition) is 0. The van der Waals surface area contributed by atoms with Crippen molar-refractivity contribution in [3.05, 3.63) is 53.5 Å². The molecule has 3 heteroatoms. The number of pyridine rings is 1. The Labute approximate surface area is 167 Å². The van der Waals surface area contributed by atoms with Gasteiger partial charge in [-0.15, -0.1) is 12.4 Å². The predicted molar refractivity (Wildman–Crippen MR) is 115 cm³/mol. The Morgan fingerprint density at radius 3 is 2.85 bits per heavy atom. The molecular formula is C24H27ClN2. The Balaban J connectivity index is 0.00000160. The number of fused-ring (bicyclic) bond motifs is 4. The van der Waals surface area contributed by atoms with Crippen LogP contribution in [0, 0.1) is 11.8 Å². The van der Waals surface area contributed by atoms with Gasteiger partial charge in [0, 0.05) is 23.5 Å². The van der Waals surface area contributed by atoms with Crippen LogP contribution in [0.15, 0.2) is 42.3 Å². The highest BCUT2D eigenvalue weighted by atomic mass is 35.5. The molecule has 140 valence electrons. The third-order valence-corrected chi connectivity index (χ3v) is 7.20. The fourth-order valence-electron chi connectivity index (χ4n) is 5.69. The smallest absolute Gasteiger partial charge is 0.0567 e. The predicted octanol–water partition coefficient (Wildman–Crippen LogP) is 6.56. The zero-order valence-electron chi connectivity index (χ0n) is 15.8. The quantitative estimate of drug-likeness (QED) is 0.578. The summed E-state index contributed by atoms with van der Waals surface area (Å²) in [5.41, 5.74) is 8.92. The molecule has 1 unspecified atom stereocenters. The molecule has 0 aromatic carbocycles. The van der Waals surface area contributed by atoms with E-state index in [0.717, 1.165) is 24.7 Å². The number of halogens is 1. The van der Waals surface area contributed by atoms with Gasteiger partial charge in [0.1, 0.15) is 0 Å². The van der Waals surface area contributed by atoms with E-state index in [-0.39, 0.29) is 12.4 Å². The topological polar surface area (TPSA) is 17.8 Å². The maximum Gasteiger partial charge on any atom is 0.0567 e. The van der Waals surface area contributed by atoms with Gasteiger partial charge < -0.3 is 4.57 Å². The molecule has 2 aromatic heterocycles. The van der Waals surface area contributed by atoms with Gasteiger partial charge in [0.25, 0.3) is 0 Å². The molecule has 3 heterocycles. The van der Waals surface area contributed by atoms with E-state index >= 15 is 0 Å². The molecule has 2 aromatic rings. The van der Waals surface area contributed by atoms with Gasteiger partial charge in [-0.3, -0.25) is 4.98 Å². The maximum absolute atomic E-state index is 4.44. The second-order valence-electron chi connectivity index (χ2n) is 8.70. The summed E-state index contributed by atoms with van der Waals surface area (Å²) in [6.45, 7) is 0. The first-order chi connectivity index (χ1) is 12.9. The molecule has 4 aliphatic rings. The van der Waals surface area contributed by atoms with Crippen molar-refractivity contribution in [3.63, 3.8) is 0 Å². The normalized spacial score (nSPS) is 23.9. The summed E-state index contributed by atoms with van der Waals surface area (Å²) in [7, 11) is 0. The standard InChI is InChI=1S/C24H26N2.ClH/c1-3-16(4-1)13-17-7-10-22-19(14-17)9-8-18-5-2-6-20-21-15-25-12-11-23(21)26(22)24(18)20;/h5,8-9,11-12,15-17H,1-4,6-7,10,13-14H2;1H. The van der Waals surface area contributed by atoms with Crippen LogP contribution >= 0.6 is 12.4 Å². The van der Waals surface area contributed by atoms with Crippen LogP contribution in [0.5, 0.6) is 0 Å². The summed E-state index contributed by atoms with van der Waals surface area (Å²) >= 11 is 0. The monoisotopic (exact) mass is 378 g/mol. The van der Waals surface area contributed by atoms with Crippen LogP contribution < -0.4 is 0 Å².